The molecule has 4 aliphatic carbocycles. The second kappa shape index (κ2) is 23.4. The van der Waals surface area contributed by atoms with E-state index < -0.39 is 32.3 Å². The molecule has 40 heavy (non-hydrogen) atoms. The number of hydrogen-bond donors (Lipinski definition) is 0. The van der Waals surface area contributed by atoms with Crippen molar-refractivity contribution in [2.45, 2.75) is 203 Å². The summed E-state index contributed by atoms with van der Waals surface area (Å²) < 4.78 is 0. The standard InChI is InChI=1S/4C8H18Si.2CH3.2Y/c4*1-9(2,3)8-6-4-5-7-8;;;;/h4*8H,4-7H2,1-3H3;2*1H3;;/q;;;;2*-1;2*+3. The first-order chi connectivity index (χ1) is 16.4. The minimum atomic E-state index is -0.724. The molecular formula is C34H78Si4Y2+4. The molecule has 0 atom stereocenters. The van der Waals surface area contributed by atoms with Gasteiger partial charge >= 0.3 is 65.4 Å². The van der Waals surface area contributed by atoms with Crippen molar-refractivity contribution >= 4 is 32.3 Å². The molecule has 4 rings (SSSR count). The predicted octanol–water partition coefficient (Wildman–Crippen LogP) is 14.0. The Kier molecular flexibility index (Phi) is 29.2. The van der Waals surface area contributed by atoms with E-state index in [4.69, 9.17) is 0 Å². The van der Waals surface area contributed by atoms with Crippen LogP contribution in [0.5, 0.6) is 0 Å². The van der Waals surface area contributed by atoms with E-state index in [2.05, 4.69) is 78.6 Å². The molecule has 0 bridgehead atoms. The molecule has 0 N–H and O–H groups in total. The van der Waals surface area contributed by atoms with Gasteiger partial charge < -0.3 is 14.9 Å². The van der Waals surface area contributed by atoms with Crippen LogP contribution < -0.4 is 0 Å². The largest absolute Gasteiger partial charge is 3.00 e. The van der Waals surface area contributed by atoms with Gasteiger partial charge in [-0.3, -0.25) is 0 Å². The zero-order valence-corrected chi connectivity index (χ0v) is 40.5. The second-order valence-corrected chi connectivity index (χ2v) is 39.6. The van der Waals surface area contributed by atoms with Gasteiger partial charge in [-0.25, -0.2) is 0 Å². The maximum Gasteiger partial charge on any atom is 3.00 e. The predicted molar refractivity (Wildman–Crippen MR) is 195 cm³/mol. The third-order valence-electron chi connectivity index (χ3n) is 10.3. The fourth-order valence-electron chi connectivity index (χ4n) is 7.17. The zero-order chi connectivity index (χ0) is 27.6. The third-order valence-corrected chi connectivity index (χ3v) is 22.4. The molecule has 232 valence electrons. The summed E-state index contributed by atoms with van der Waals surface area (Å²) in [6.45, 7) is 30.0. The van der Waals surface area contributed by atoms with Gasteiger partial charge in [-0.2, -0.15) is 0 Å². The van der Waals surface area contributed by atoms with E-state index in [-0.39, 0.29) is 80.3 Å². The van der Waals surface area contributed by atoms with Crippen LogP contribution in [0, 0.1) is 14.9 Å². The van der Waals surface area contributed by atoms with Crippen LogP contribution in [-0.4, -0.2) is 32.3 Å². The van der Waals surface area contributed by atoms with Crippen LogP contribution in [0.25, 0.3) is 0 Å². The van der Waals surface area contributed by atoms with E-state index >= 15 is 0 Å². The molecule has 0 amide bonds. The molecular weight excluding hydrogens is 699 g/mol. The molecule has 0 nitrogen and oxygen atoms in total. The summed E-state index contributed by atoms with van der Waals surface area (Å²) in [6, 6.07) is 0. The normalized spacial score (nSPS) is 20.7. The van der Waals surface area contributed by atoms with Gasteiger partial charge in [0, 0.05) is 32.3 Å². The van der Waals surface area contributed by atoms with Crippen molar-refractivity contribution in [2.24, 2.45) is 0 Å². The Hall–Kier alpha value is 3.08. The summed E-state index contributed by atoms with van der Waals surface area (Å²) in [5, 5.41) is 0. The van der Waals surface area contributed by atoms with Crippen LogP contribution in [-0.2, 0) is 65.4 Å². The van der Waals surface area contributed by atoms with Gasteiger partial charge in [-0.05, 0) is 22.2 Å². The Morgan fingerprint density at radius 1 is 0.275 bits per heavy atom. The fourth-order valence-corrected chi connectivity index (χ4v) is 15.7. The summed E-state index contributed by atoms with van der Waals surface area (Å²) in [7, 11) is -2.90. The molecule has 0 aromatic heterocycles. The van der Waals surface area contributed by atoms with Gasteiger partial charge in [0.15, 0.2) is 0 Å². The Bertz CT molecular complexity index is 457. The molecule has 0 aromatic rings. The van der Waals surface area contributed by atoms with Crippen LogP contribution in [0.2, 0.25) is 101 Å². The van der Waals surface area contributed by atoms with Crippen molar-refractivity contribution < 1.29 is 65.4 Å². The van der Waals surface area contributed by atoms with E-state index in [1.54, 1.807) is 0 Å². The average molecular weight is 777 g/mol. The summed E-state index contributed by atoms with van der Waals surface area (Å²) in [6.07, 6.45) is 24.4. The number of rotatable bonds is 4. The Morgan fingerprint density at radius 2 is 0.375 bits per heavy atom. The van der Waals surface area contributed by atoms with Crippen LogP contribution in [0.4, 0.5) is 0 Å². The molecule has 0 aliphatic heterocycles. The molecule has 4 aliphatic rings. The minimum Gasteiger partial charge on any atom is -0.358 e. The molecule has 0 aromatic carbocycles. The van der Waals surface area contributed by atoms with Crippen molar-refractivity contribution in [3.05, 3.63) is 14.9 Å². The van der Waals surface area contributed by atoms with E-state index in [0.717, 1.165) is 22.2 Å². The monoisotopic (exact) mass is 776 g/mol. The quantitative estimate of drug-likeness (QED) is 0.197. The van der Waals surface area contributed by atoms with Crippen LogP contribution >= 0.6 is 0 Å². The summed E-state index contributed by atoms with van der Waals surface area (Å²) >= 11 is 0. The zero-order valence-electron chi connectivity index (χ0n) is 30.8. The molecule has 6 heteroatoms. The van der Waals surface area contributed by atoms with Gasteiger partial charge in [0.2, 0.25) is 0 Å². The van der Waals surface area contributed by atoms with Gasteiger partial charge in [-0.1, -0.05) is 181 Å². The second-order valence-electron chi connectivity index (χ2n) is 17.4. The first kappa shape index (κ1) is 49.9. The van der Waals surface area contributed by atoms with Gasteiger partial charge in [-0.15, -0.1) is 0 Å². The SMILES string of the molecule is C[Si](C)(C)C1CCCC1.C[Si](C)(C)C1CCCC1.C[Si](C)(C)C1CCCC1.C[Si](C)(C)C1CCCC1.[CH3-].[CH3-].[Y+3].[Y+3]. The summed E-state index contributed by atoms with van der Waals surface area (Å²) in [5.41, 5.74) is 4.60. The van der Waals surface area contributed by atoms with Crippen molar-refractivity contribution in [2.75, 3.05) is 0 Å². The summed E-state index contributed by atoms with van der Waals surface area (Å²) in [5.74, 6) is 0. The van der Waals surface area contributed by atoms with Crippen LogP contribution in [0.3, 0.4) is 0 Å². The molecule has 0 saturated heterocycles. The average Bonchev–Trinajstić information content (AvgIpc) is 3.57. The Morgan fingerprint density at radius 3 is 0.425 bits per heavy atom. The van der Waals surface area contributed by atoms with E-state index in [1.807, 2.05) is 0 Å². The number of hydrogen-bond acceptors (Lipinski definition) is 0. The topological polar surface area (TPSA) is 0 Å². The maximum atomic E-state index is 2.50. The minimum absolute atomic E-state index is 0. The smallest absolute Gasteiger partial charge is 0.358 e. The van der Waals surface area contributed by atoms with Crippen LogP contribution in [0.15, 0.2) is 0 Å². The van der Waals surface area contributed by atoms with Gasteiger partial charge in [0.05, 0.1) is 0 Å². The fraction of sp³-hybridized carbons (Fsp3) is 0.941. The van der Waals surface area contributed by atoms with Gasteiger partial charge in [0.25, 0.3) is 0 Å². The molecule has 4 saturated carbocycles. The first-order valence-corrected chi connectivity index (χ1v) is 30.7. The molecule has 0 radical (unpaired) electrons. The van der Waals surface area contributed by atoms with E-state index in [1.165, 1.54) is 103 Å². The van der Waals surface area contributed by atoms with E-state index in [0.29, 0.717) is 0 Å². The Balaban J connectivity index is -0.000000209. The van der Waals surface area contributed by atoms with Crippen molar-refractivity contribution in [3.63, 3.8) is 0 Å². The Labute approximate surface area is 312 Å². The van der Waals surface area contributed by atoms with Crippen LogP contribution in [0.1, 0.15) is 103 Å². The third kappa shape index (κ3) is 21.7. The van der Waals surface area contributed by atoms with Crippen molar-refractivity contribution in [1.29, 1.82) is 0 Å². The van der Waals surface area contributed by atoms with E-state index in [9.17, 15) is 0 Å². The summed E-state index contributed by atoms with van der Waals surface area (Å²) in [4.78, 5) is 0. The van der Waals surface area contributed by atoms with Crippen molar-refractivity contribution in [1.82, 2.24) is 0 Å². The molecule has 0 heterocycles. The maximum absolute atomic E-state index is 2.50. The molecule has 0 spiro atoms. The first-order valence-electron chi connectivity index (χ1n) is 16.4. The molecule has 4 fully saturated rings. The molecule has 0 unspecified atom stereocenters. The van der Waals surface area contributed by atoms with Crippen molar-refractivity contribution in [3.8, 4) is 0 Å². The van der Waals surface area contributed by atoms with Gasteiger partial charge in [0.1, 0.15) is 0 Å².